The molecule has 7 nitrogen and oxygen atoms in total. The van der Waals surface area contributed by atoms with E-state index in [4.69, 9.17) is 0 Å². The number of carbonyl (C=O) groups is 1. The van der Waals surface area contributed by atoms with E-state index in [2.05, 4.69) is 30.7 Å². The monoisotopic (exact) mass is 234 g/mol. The lowest BCUT2D eigenvalue weighted by atomic mass is 10.2. The molecule has 3 N–H and O–H groups in total. The molecule has 0 saturated carbocycles. The van der Waals surface area contributed by atoms with Gasteiger partial charge in [-0.25, -0.2) is 4.98 Å². The first-order chi connectivity index (χ1) is 8.08. The molecule has 2 aromatic heterocycles. The number of hydrogen-bond acceptors (Lipinski definition) is 4. The van der Waals surface area contributed by atoms with Gasteiger partial charge in [0.05, 0.1) is 11.7 Å². The van der Waals surface area contributed by atoms with Crippen LogP contribution in [0.2, 0.25) is 0 Å². The highest BCUT2D eigenvalue weighted by Crippen LogP contribution is 2.09. The molecule has 0 aliphatic rings. The second-order valence-corrected chi connectivity index (χ2v) is 3.90. The Hall–Kier alpha value is -2.18. The van der Waals surface area contributed by atoms with Crippen LogP contribution in [0.25, 0.3) is 0 Å². The molecule has 2 rings (SSSR count). The molecule has 1 atom stereocenters. The van der Waals surface area contributed by atoms with Gasteiger partial charge in [0.1, 0.15) is 5.82 Å². The summed E-state index contributed by atoms with van der Waals surface area (Å²) >= 11 is 0. The number of nitrogens with zero attached hydrogens (tertiary/aromatic N) is 3. The summed E-state index contributed by atoms with van der Waals surface area (Å²) in [6.45, 7) is 5.48. The van der Waals surface area contributed by atoms with Crippen molar-refractivity contribution in [2.45, 2.75) is 26.8 Å². The predicted octanol–water partition coefficient (Wildman–Crippen LogP) is 0.636. The van der Waals surface area contributed by atoms with E-state index >= 15 is 0 Å². The Labute approximate surface area is 98.0 Å². The number of nitrogens with one attached hydrogen (secondary N) is 3. The van der Waals surface area contributed by atoms with Crippen LogP contribution in [-0.2, 0) is 0 Å². The van der Waals surface area contributed by atoms with Gasteiger partial charge < -0.3 is 10.3 Å². The van der Waals surface area contributed by atoms with Crippen molar-refractivity contribution < 1.29 is 4.79 Å². The van der Waals surface area contributed by atoms with Gasteiger partial charge in [0.25, 0.3) is 5.91 Å². The average Bonchev–Trinajstić information content (AvgIpc) is 2.86. The SMILES string of the molecule is Cc1cnc([C@@H](C)NC(=O)c2n[nH]nc2C)[nH]1. The Kier molecular flexibility index (Phi) is 2.90. The fraction of sp³-hybridized carbons (Fsp3) is 0.400. The molecule has 0 spiro atoms. The molecule has 0 aliphatic heterocycles. The van der Waals surface area contributed by atoms with Crippen molar-refractivity contribution in [3.8, 4) is 0 Å². The minimum atomic E-state index is -0.266. The normalized spacial score (nSPS) is 12.4. The highest BCUT2D eigenvalue weighted by molar-refractivity contribution is 5.93. The van der Waals surface area contributed by atoms with Crippen LogP contribution in [0.4, 0.5) is 0 Å². The van der Waals surface area contributed by atoms with Crippen LogP contribution in [0.5, 0.6) is 0 Å². The van der Waals surface area contributed by atoms with Crippen LogP contribution in [-0.4, -0.2) is 31.3 Å². The minimum absolute atomic E-state index is 0.202. The third-order valence-corrected chi connectivity index (χ3v) is 2.42. The number of aromatic amines is 2. The van der Waals surface area contributed by atoms with Crippen LogP contribution in [0.3, 0.4) is 0 Å². The highest BCUT2D eigenvalue weighted by Gasteiger charge is 2.17. The number of imidazole rings is 1. The summed E-state index contributed by atoms with van der Waals surface area (Å²) < 4.78 is 0. The van der Waals surface area contributed by atoms with Gasteiger partial charge in [-0.1, -0.05) is 0 Å². The van der Waals surface area contributed by atoms with E-state index in [1.54, 1.807) is 13.1 Å². The van der Waals surface area contributed by atoms with Crippen LogP contribution in [0, 0.1) is 13.8 Å². The van der Waals surface area contributed by atoms with Crippen molar-refractivity contribution in [1.82, 2.24) is 30.7 Å². The van der Waals surface area contributed by atoms with E-state index in [9.17, 15) is 4.79 Å². The molecule has 0 unspecified atom stereocenters. The number of carbonyl (C=O) groups excluding carboxylic acids is 1. The van der Waals surface area contributed by atoms with Crippen LogP contribution in [0.1, 0.15) is 40.7 Å². The Bertz CT molecular complexity index is 528. The van der Waals surface area contributed by atoms with Gasteiger partial charge in [-0.15, -0.1) is 0 Å². The third kappa shape index (κ3) is 2.32. The van der Waals surface area contributed by atoms with Crippen molar-refractivity contribution in [2.24, 2.45) is 0 Å². The Morgan fingerprint density at radius 3 is 2.71 bits per heavy atom. The van der Waals surface area contributed by atoms with Gasteiger partial charge in [0.2, 0.25) is 0 Å². The molecule has 0 aromatic carbocycles. The number of amides is 1. The summed E-state index contributed by atoms with van der Waals surface area (Å²) in [6.07, 6.45) is 1.72. The molecular weight excluding hydrogens is 220 g/mol. The molecule has 7 heteroatoms. The maximum atomic E-state index is 11.8. The van der Waals surface area contributed by atoms with Gasteiger partial charge in [0.15, 0.2) is 5.69 Å². The number of aryl methyl sites for hydroxylation is 2. The molecule has 2 heterocycles. The number of hydrogen-bond donors (Lipinski definition) is 3. The zero-order valence-electron chi connectivity index (χ0n) is 9.90. The van der Waals surface area contributed by atoms with Crippen LogP contribution in [0.15, 0.2) is 6.20 Å². The second-order valence-electron chi connectivity index (χ2n) is 3.90. The Balaban J connectivity index is 2.07. The quantitative estimate of drug-likeness (QED) is 0.725. The smallest absolute Gasteiger partial charge is 0.274 e. The summed E-state index contributed by atoms with van der Waals surface area (Å²) in [4.78, 5) is 19.1. The number of H-pyrrole nitrogens is 2. The number of rotatable bonds is 3. The van der Waals surface area contributed by atoms with Crippen molar-refractivity contribution in [3.05, 3.63) is 29.1 Å². The third-order valence-electron chi connectivity index (χ3n) is 2.42. The zero-order chi connectivity index (χ0) is 12.4. The Morgan fingerprint density at radius 2 is 2.18 bits per heavy atom. The topological polar surface area (TPSA) is 99.3 Å². The van der Waals surface area contributed by atoms with Crippen molar-refractivity contribution in [3.63, 3.8) is 0 Å². The first-order valence-corrected chi connectivity index (χ1v) is 5.27. The fourth-order valence-corrected chi connectivity index (χ4v) is 1.49. The van der Waals surface area contributed by atoms with E-state index in [-0.39, 0.29) is 11.9 Å². The van der Waals surface area contributed by atoms with Gasteiger partial charge in [-0.3, -0.25) is 4.79 Å². The van der Waals surface area contributed by atoms with Crippen molar-refractivity contribution in [1.29, 1.82) is 0 Å². The van der Waals surface area contributed by atoms with E-state index in [1.165, 1.54) is 0 Å². The minimum Gasteiger partial charge on any atom is -0.344 e. The first-order valence-electron chi connectivity index (χ1n) is 5.27. The lowest BCUT2D eigenvalue weighted by molar-refractivity contribution is 0.0932. The molecule has 0 aliphatic carbocycles. The van der Waals surface area contributed by atoms with E-state index < -0.39 is 0 Å². The summed E-state index contributed by atoms with van der Waals surface area (Å²) in [7, 11) is 0. The summed E-state index contributed by atoms with van der Waals surface area (Å²) in [5.41, 5.74) is 1.84. The maximum Gasteiger partial charge on any atom is 0.274 e. The largest absolute Gasteiger partial charge is 0.344 e. The molecule has 90 valence electrons. The Morgan fingerprint density at radius 1 is 1.41 bits per heavy atom. The standard InChI is InChI=1S/C10H14N6O/c1-5-4-11-9(12-5)7(3)13-10(17)8-6(2)14-16-15-8/h4,7H,1-3H3,(H,11,12)(H,13,17)(H,14,15,16)/t7-/m1/s1. The van der Waals surface area contributed by atoms with Gasteiger partial charge >= 0.3 is 0 Å². The summed E-state index contributed by atoms with van der Waals surface area (Å²) in [6, 6.07) is -0.202. The zero-order valence-corrected chi connectivity index (χ0v) is 9.90. The number of aromatic nitrogens is 5. The highest BCUT2D eigenvalue weighted by atomic mass is 16.2. The fourth-order valence-electron chi connectivity index (χ4n) is 1.49. The van der Waals surface area contributed by atoms with Crippen LogP contribution >= 0.6 is 0 Å². The average molecular weight is 234 g/mol. The lowest BCUT2D eigenvalue weighted by Crippen LogP contribution is -2.28. The molecule has 0 fully saturated rings. The molecule has 0 saturated heterocycles. The summed E-state index contributed by atoms with van der Waals surface area (Å²) in [5.74, 6) is 0.454. The first kappa shape index (κ1) is 11.3. The van der Waals surface area contributed by atoms with Gasteiger partial charge in [-0.2, -0.15) is 15.4 Å². The molecular formula is C10H14N6O. The maximum absolute atomic E-state index is 11.8. The second kappa shape index (κ2) is 4.36. The van der Waals surface area contributed by atoms with Gasteiger partial charge in [-0.05, 0) is 20.8 Å². The molecule has 2 aromatic rings. The lowest BCUT2D eigenvalue weighted by Gasteiger charge is -2.10. The molecule has 17 heavy (non-hydrogen) atoms. The van der Waals surface area contributed by atoms with E-state index in [1.807, 2.05) is 13.8 Å². The van der Waals surface area contributed by atoms with Crippen LogP contribution < -0.4 is 5.32 Å². The molecule has 1 amide bonds. The summed E-state index contributed by atoms with van der Waals surface area (Å²) in [5, 5.41) is 12.8. The van der Waals surface area contributed by atoms with E-state index in [0.29, 0.717) is 11.4 Å². The predicted molar refractivity (Wildman–Crippen MR) is 60.3 cm³/mol. The molecule has 0 bridgehead atoms. The van der Waals surface area contributed by atoms with Crippen molar-refractivity contribution >= 4 is 5.91 Å². The van der Waals surface area contributed by atoms with Gasteiger partial charge in [0, 0.05) is 11.9 Å². The molecule has 0 radical (unpaired) electrons. The van der Waals surface area contributed by atoms with E-state index in [0.717, 1.165) is 11.5 Å². The van der Waals surface area contributed by atoms with Crippen molar-refractivity contribution in [2.75, 3.05) is 0 Å².